The van der Waals surface area contributed by atoms with Gasteiger partial charge >= 0.3 is 0 Å². The summed E-state index contributed by atoms with van der Waals surface area (Å²) in [6, 6.07) is 2.98. The van der Waals surface area contributed by atoms with Crippen molar-refractivity contribution in [2.75, 3.05) is 19.8 Å². The Labute approximate surface area is 130 Å². The number of benzene rings is 1. The van der Waals surface area contributed by atoms with Gasteiger partial charge < -0.3 is 4.90 Å². The Morgan fingerprint density at radius 2 is 2.13 bits per heavy atom. The lowest BCUT2D eigenvalue weighted by Crippen LogP contribution is -2.29. The minimum absolute atomic E-state index is 0.0355. The van der Waals surface area contributed by atoms with Gasteiger partial charge in [-0.15, -0.1) is 0 Å². The number of aromatic amines is 1. The number of halogens is 3. The second-order valence-electron chi connectivity index (χ2n) is 5.64. The minimum atomic E-state index is -1.08. The third-order valence-electron chi connectivity index (χ3n) is 4.04. The molecule has 8 heteroatoms. The highest BCUT2D eigenvalue weighted by atomic mass is 19.2. The summed E-state index contributed by atoms with van der Waals surface area (Å²) in [7, 11) is 0. The average molecular weight is 324 g/mol. The molecule has 1 aromatic heterocycles. The van der Waals surface area contributed by atoms with Gasteiger partial charge in [0.1, 0.15) is 5.82 Å². The smallest absolute Gasteiger partial charge is 0.253 e. The maximum absolute atomic E-state index is 13.3. The number of alkyl halides is 1. The number of hydrogen-bond donors (Lipinski definition) is 1. The summed E-state index contributed by atoms with van der Waals surface area (Å²) in [6.07, 6.45) is 0. The molecule has 0 aliphatic carbocycles. The zero-order valence-corrected chi connectivity index (χ0v) is 12.4. The van der Waals surface area contributed by atoms with E-state index in [2.05, 4.69) is 15.2 Å². The van der Waals surface area contributed by atoms with Gasteiger partial charge in [-0.2, -0.15) is 5.10 Å². The van der Waals surface area contributed by atoms with E-state index in [-0.39, 0.29) is 24.6 Å². The van der Waals surface area contributed by atoms with Crippen LogP contribution in [0.3, 0.4) is 0 Å². The molecule has 0 spiro atoms. The van der Waals surface area contributed by atoms with Gasteiger partial charge in [-0.05, 0) is 25.1 Å². The van der Waals surface area contributed by atoms with Crippen LogP contribution in [0.5, 0.6) is 0 Å². The Morgan fingerprint density at radius 1 is 1.35 bits per heavy atom. The Morgan fingerprint density at radius 3 is 2.74 bits per heavy atom. The van der Waals surface area contributed by atoms with Crippen molar-refractivity contribution < 1.29 is 18.0 Å². The van der Waals surface area contributed by atoms with Crippen LogP contribution in [0.2, 0.25) is 0 Å². The molecule has 1 amide bonds. The molecule has 1 fully saturated rings. The summed E-state index contributed by atoms with van der Waals surface area (Å²) in [5.41, 5.74) is 0.0355. The van der Waals surface area contributed by atoms with Gasteiger partial charge in [0.25, 0.3) is 5.91 Å². The molecule has 1 aromatic carbocycles. The molecule has 1 saturated heterocycles. The fourth-order valence-electron chi connectivity index (χ4n) is 2.82. The number of H-pyrrole nitrogens is 1. The summed E-state index contributed by atoms with van der Waals surface area (Å²) < 4.78 is 39.5. The molecule has 2 unspecified atom stereocenters. The van der Waals surface area contributed by atoms with E-state index < -0.39 is 30.1 Å². The average Bonchev–Trinajstić information content (AvgIpc) is 3.15. The number of carbonyl (C=O) groups excluding carboxylic acids is 1. The van der Waals surface area contributed by atoms with Crippen molar-refractivity contribution in [2.24, 2.45) is 5.92 Å². The Bertz CT molecular complexity index is 733. The first-order valence-corrected chi connectivity index (χ1v) is 7.18. The van der Waals surface area contributed by atoms with E-state index in [1.807, 2.05) is 0 Å². The van der Waals surface area contributed by atoms with Crippen molar-refractivity contribution in [3.8, 4) is 0 Å². The molecule has 122 valence electrons. The first-order valence-electron chi connectivity index (χ1n) is 7.18. The van der Waals surface area contributed by atoms with Crippen molar-refractivity contribution in [2.45, 2.75) is 12.8 Å². The largest absolute Gasteiger partial charge is 0.337 e. The van der Waals surface area contributed by atoms with Crippen LogP contribution in [-0.4, -0.2) is 45.8 Å². The van der Waals surface area contributed by atoms with Gasteiger partial charge in [0.05, 0.1) is 6.67 Å². The van der Waals surface area contributed by atoms with E-state index in [1.54, 1.807) is 6.92 Å². The van der Waals surface area contributed by atoms with Crippen molar-refractivity contribution in [1.29, 1.82) is 0 Å². The number of amides is 1. The number of nitrogens with one attached hydrogen (secondary N) is 1. The molecule has 2 aromatic rings. The van der Waals surface area contributed by atoms with Crippen molar-refractivity contribution in [3.63, 3.8) is 0 Å². The third-order valence-corrected chi connectivity index (χ3v) is 4.04. The molecule has 0 saturated carbocycles. The Balaban J connectivity index is 1.81. The van der Waals surface area contributed by atoms with Crippen LogP contribution < -0.4 is 0 Å². The van der Waals surface area contributed by atoms with Crippen LogP contribution in [0, 0.1) is 24.5 Å². The summed E-state index contributed by atoms with van der Waals surface area (Å²) in [5, 5.41) is 6.74. The van der Waals surface area contributed by atoms with Gasteiger partial charge in [0.15, 0.2) is 17.5 Å². The zero-order valence-electron chi connectivity index (χ0n) is 12.4. The summed E-state index contributed by atoms with van der Waals surface area (Å²) >= 11 is 0. The molecule has 1 aliphatic heterocycles. The lowest BCUT2D eigenvalue weighted by Gasteiger charge is -2.16. The molecule has 23 heavy (non-hydrogen) atoms. The van der Waals surface area contributed by atoms with Crippen LogP contribution in [0.25, 0.3) is 0 Å². The molecule has 3 rings (SSSR count). The van der Waals surface area contributed by atoms with Crippen LogP contribution >= 0.6 is 0 Å². The standard InChI is InChI=1S/C15H15F3N4O/c1-8-19-14(21-20-8)11-7-22(6-10(11)5-16)15(23)9-2-3-12(17)13(18)4-9/h2-4,10-11H,5-7H2,1H3,(H,19,20,21). The third kappa shape index (κ3) is 2.93. The molecular formula is C15H15F3N4O. The summed E-state index contributed by atoms with van der Waals surface area (Å²) in [4.78, 5) is 18.0. The van der Waals surface area contributed by atoms with Crippen molar-refractivity contribution in [3.05, 3.63) is 47.0 Å². The van der Waals surface area contributed by atoms with Crippen LogP contribution in [0.4, 0.5) is 13.2 Å². The van der Waals surface area contributed by atoms with Crippen molar-refractivity contribution in [1.82, 2.24) is 20.1 Å². The molecule has 5 nitrogen and oxygen atoms in total. The Kier molecular flexibility index (Phi) is 4.06. The summed E-state index contributed by atoms with van der Waals surface area (Å²) in [6.45, 7) is 1.55. The van der Waals surface area contributed by atoms with E-state index in [9.17, 15) is 18.0 Å². The molecule has 1 N–H and O–H groups in total. The molecule has 1 aliphatic rings. The quantitative estimate of drug-likeness (QED) is 0.942. The van der Waals surface area contributed by atoms with Crippen LogP contribution in [-0.2, 0) is 0 Å². The second-order valence-corrected chi connectivity index (χ2v) is 5.64. The van der Waals surface area contributed by atoms with E-state index >= 15 is 0 Å². The van der Waals surface area contributed by atoms with E-state index in [0.717, 1.165) is 12.1 Å². The monoisotopic (exact) mass is 324 g/mol. The van der Waals surface area contributed by atoms with E-state index in [4.69, 9.17) is 0 Å². The van der Waals surface area contributed by atoms with Gasteiger partial charge in [-0.1, -0.05) is 0 Å². The minimum Gasteiger partial charge on any atom is -0.337 e. The van der Waals surface area contributed by atoms with Crippen molar-refractivity contribution >= 4 is 5.91 Å². The number of aromatic nitrogens is 3. The van der Waals surface area contributed by atoms with E-state index in [0.29, 0.717) is 11.6 Å². The molecule has 2 heterocycles. The first-order chi connectivity index (χ1) is 11.0. The summed E-state index contributed by atoms with van der Waals surface area (Å²) in [5.74, 6) is -2.22. The van der Waals surface area contributed by atoms with Crippen LogP contribution in [0.15, 0.2) is 18.2 Å². The fourth-order valence-corrected chi connectivity index (χ4v) is 2.82. The van der Waals surface area contributed by atoms with E-state index in [1.165, 1.54) is 11.0 Å². The van der Waals surface area contributed by atoms with Crippen LogP contribution in [0.1, 0.15) is 27.9 Å². The first kappa shape index (κ1) is 15.5. The number of rotatable bonds is 3. The number of carbonyl (C=O) groups is 1. The van der Waals surface area contributed by atoms with Gasteiger partial charge in [0.2, 0.25) is 0 Å². The zero-order chi connectivity index (χ0) is 16.6. The predicted molar refractivity (Wildman–Crippen MR) is 75.6 cm³/mol. The highest BCUT2D eigenvalue weighted by molar-refractivity contribution is 5.94. The maximum atomic E-state index is 13.3. The molecule has 2 atom stereocenters. The number of nitrogens with zero attached hydrogens (tertiary/aromatic N) is 3. The number of aryl methyl sites for hydroxylation is 1. The molecule has 0 bridgehead atoms. The SMILES string of the molecule is Cc1nc(C2CN(C(=O)c3ccc(F)c(F)c3)CC2CF)n[nH]1. The highest BCUT2D eigenvalue weighted by Gasteiger charge is 2.38. The van der Waals surface area contributed by atoms with Gasteiger partial charge in [-0.25, -0.2) is 13.8 Å². The predicted octanol–water partition coefficient (Wildman–Crippen LogP) is 2.22. The van der Waals surface area contributed by atoms with Gasteiger partial charge in [0, 0.05) is 30.5 Å². The number of likely N-dealkylation sites (tertiary alicyclic amines) is 1. The highest BCUT2D eigenvalue weighted by Crippen LogP contribution is 2.32. The maximum Gasteiger partial charge on any atom is 0.253 e. The van der Waals surface area contributed by atoms with Gasteiger partial charge in [-0.3, -0.25) is 14.3 Å². The lowest BCUT2D eigenvalue weighted by atomic mass is 9.97. The molecular weight excluding hydrogens is 309 g/mol. The lowest BCUT2D eigenvalue weighted by molar-refractivity contribution is 0.0784. The molecule has 0 radical (unpaired) electrons. The second kappa shape index (κ2) is 6.02. The normalized spacial score (nSPS) is 21.0. The number of hydrogen-bond acceptors (Lipinski definition) is 3. The fraction of sp³-hybridized carbons (Fsp3) is 0.400. The Hall–Kier alpha value is -2.38. The topological polar surface area (TPSA) is 61.9 Å².